The number of hydrogen-bond acceptors (Lipinski definition) is 6. The van der Waals surface area contributed by atoms with E-state index in [1.165, 1.54) is 37.0 Å². The summed E-state index contributed by atoms with van der Waals surface area (Å²) in [5.74, 6) is -0.200. The summed E-state index contributed by atoms with van der Waals surface area (Å²) in [4.78, 5) is 0. The van der Waals surface area contributed by atoms with Crippen LogP contribution in [0.3, 0.4) is 0 Å². The average Bonchev–Trinajstić information content (AvgIpc) is 2.89. The molecule has 0 unspecified atom stereocenters. The summed E-state index contributed by atoms with van der Waals surface area (Å²) in [5.41, 5.74) is 2.14. The Labute approximate surface area is 256 Å². The van der Waals surface area contributed by atoms with Gasteiger partial charge in [0, 0.05) is 11.1 Å². The Morgan fingerprint density at radius 1 is 0.436 bits per heavy atom. The summed E-state index contributed by atoms with van der Waals surface area (Å²) in [6, 6.07) is 23.5. The van der Waals surface area contributed by atoms with Crippen LogP contribution in [-0.4, -0.2) is 24.9 Å². The Morgan fingerprint density at radius 3 is 1.08 bits per heavy atom. The second-order valence-corrected chi connectivity index (χ2v) is 8.95. The Hall–Kier alpha value is -3.16. The van der Waals surface area contributed by atoms with Gasteiger partial charge in [-0.15, -0.1) is 0 Å². The van der Waals surface area contributed by atoms with Gasteiger partial charge in [-0.1, -0.05) is 119 Å². The maximum Gasteiger partial charge on any atom is 2.00 e. The second kappa shape index (κ2) is 16.7. The zero-order chi connectivity index (χ0) is 27.3. The van der Waals surface area contributed by atoms with E-state index in [9.17, 15) is 10.2 Å². The van der Waals surface area contributed by atoms with Crippen molar-refractivity contribution >= 4 is 71.3 Å². The van der Waals surface area contributed by atoms with E-state index in [1.807, 2.05) is 0 Å². The van der Waals surface area contributed by atoms with Crippen LogP contribution in [0.1, 0.15) is 22.3 Å². The van der Waals surface area contributed by atoms with Crippen molar-refractivity contribution in [3.63, 3.8) is 0 Å². The molecule has 201 valence electrons. The van der Waals surface area contributed by atoms with Crippen molar-refractivity contribution in [1.82, 2.24) is 0 Å². The zero-order valence-electron chi connectivity index (χ0n) is 19.8. The molecule has 0 N–H and O–H groups in total. The van der Waals surface area contributed by atoms with Crippen molar-refractivity contribution in [2.45, 2.75) is 0 Å². The van der Waals surface area contributed by atoms with Crippen LogP contribution in [0.5, 0.6) is 11.5 Å². The van der Waals surface area contributed by atoms with E-state index in [0.717, 1.165) is 0 Å². The van der Waals surface area contributed by atoms with Gasteiger partial charge < -0.3 is 10.2 Å². The van der Waals surface area contributed by atoms with Crippen LogP contribution in [0.25, 0.3) is 0 Å². The third kappa shape index (κ3) is 10.2. The van der Waals surface area contributed by atoms with Crippen LogP contribution in [0.15, 0.2) is 105 Å². The molecule has 6 nitrogen and oxygen atoms in total. The first kappa shape index (κ1) is 32.1. The van der Waals surface area contributed by atoms with Gasteiger partial charge in [-0.3, -0.25) is 0 Å². The van der Waals surface area contributed by atoms with Crippen LogP contribution in [0.2, 0.25) is 20.1 Å². The Balaban J connectivity index is 0.000000267. The summed E-state index contributed by atoms with van der Waals surface area (Å²) in [5, 5.41) is 40.1. The molecule has 4 aromatic rings. The van der Waals surface area contributed by atoms with Gasteiger partial charge in [-0.2, -0.15) is 20.4 Å². The van der Waals surface area contributed by atoms with E-state index >= 15 is 0 Å². The van der Waals surface area contributed by atoms with Gasteiger partial charge in [0.1, 0.15) is 0 Å². The van der Waals surface area contributed by atoms with Gasteiger partial charge in [0.25, 0.3) is 0 Å². The number of rotatable bonds is 6. The quantitative estimate of drug-likeness (QED) is 0.128. The molecule has 0 spiro atoms. The Bertz CT molecular complexity index is 1360. The third-order valence-corrected chi connectivity index (χ3v) is 6.06. The molecule has 0 aliphatic rings. The summed E-state index contributed by atoms with van der Waals surface area (Å²) >= 11 is 23.9. The maximum absolute atomic E-state index is 11.4. The Kier molecular flexibility index (Phi) is 13.7. The first-order chi connectivity index (χ1) is 18.4. The topological polar surface area (TPSA) is 95.6 Å². The monoisotopic (exact) mass is 645 g/mol. The largest absolute Gasteiger partial charge is 2.00 e. The molecule has 0 atom stereocenters. The zero-order valence-corrected chi connectivity index (χ0v) is 23.8. The molecule has 0 saturated heterocycles. The fourth-order valence-electron chi connectivity index (χ4n) is 2.82. The summed E-state index contributed by atoms with van der Waals surface area (Å²) < 4.78 is 0. The predicted octanol–water partition coefficient (Wildman–Crippen LogP) is 7.04. The summed E-state index contributed by atoms with van der Waals surface area (Å²) in [6.45, 7) is 0. The standard InChI is InChI=1S/2C14H10Cl2N2O.Cu/c2*15-12-5-3-6-13(16)11(12)9-18-17-8-10-4-1-2-7-14(10)19;/h2*1-9,19H;/q;;+2/p-2/b2*17-8+,18-9+;. The van der Waals surface area contributed by atoms with E-state index in [1.54, 1.807) is 72.8 Å². The fraction of sp³-hybridized carbons (Fsp3) is 0. The molecule has 4 rings (SSSR count). The van der Waals surface area contributed by atoms with Gasteiger partial charge in [0.2, 0.25) is 0 Å². The number of hydrogen-bond donors (Lipinski definition) is 0. The molecule has 1 radical (unpaired) electrons. The average molecular weight is 648 g/mol. The number of halogens is 4. The maximum atomic E-state index is 11.4. The molecule has 0 amide bonds. The van der Waals surface area contributed by atoms with Crippen LogP contribution in [-0.2, 0) is 17.1 Å². The minimum absolute atomic E-state index is 0. The molecular formula is C28H18Cl4CuN4O2. The molecule has 0 saturated carbocycles. The third-order valence-electron chi connectivity index (χ3n) is 4.74. The molecule has 0 heterocycles. The van der Waals surface area contributed by atoms with Crippen LogP contribution in [0.4, 0.5) is 0 Å². The molecule has 0 bridgehead atoms. The van der Waals surface area contributed by atoms with E-state index in [0.29, 0.717) is 42.3 Å². The number of para-hydroxylation sites is 2. The van der Waals surface area contributed by atoms with Gasteiger partial charge in [-0.25, -0.2) is 0 Å². The molecule has 4 aromatic carbocycles. The number of benzene rings is 4. The van der Waals surface area contributed by atoms with E-state index in [-0.39, 0.29) is 28.6 Å². The molecule has 11 heteroatoms. The molecule has 0 aromatic heterocycles. The molecule has 0 aliphatic carbocycles. The van der Waals surface area contributed by atoms with Gasteiger partial charge >= 0.3 is 17.1 Å². The van der Waals surface area contributed by atoms with Crippen LogP contribution < -0.4 is 10.2 Å². The normalized spacial score (nSPS) is 11.2. The number of nitrogens with zero attached hydrogens (tertiary/aromatic N) is 4. The van der Waals surface area contributed by atoms with Gasteiger partial charge in [-0.05, 0) is 35.4 Å². The smallest absolute Gasteiger partial charge is 0.872 e. The minimum Gasteiger partial charge on any atom is -0.872 e. The van der Waals surface area contributed by atoms with Gasteiger partial charge in [0.05, 0.1) is 44.9 Å². The minimum atomic E-state index is -0.0998. The molecule has 39 heavy (non-hydrogen) atoms. The van der Waals surface area contributed by atoms with Crippen molar-refractivity contribution in [3.8, 4) is 11.5 Å². The summed E-state index contributed by atoms with van der Waals surface area (Å²) in [7, 11) is 0. The Morgan fingerprint density at radius 2 is 0.744 bits per heavy atom. The van der Waals surface area contributed by atoms with Crippen molar-refractivity contribution < 1.29 is 27.3 Å². The summed E-state index contributed by atoms with van der Waals surface area (Å²) in [6.07, 6.45) is 5.69. The van der Waals surface area contributed by atoms with Crippen LogP contribution in [0, 0.1) is 0 Å². The van der Waals surface area contributed by atoms with E-state index in [2.05, 4.69) is 20.4 Å². The van der Waals surface area contributed by atoms with Crippen molar-refractivity contribution in [3.05, 3.63) is 127 Å². The predicted molar refractivity (Wildman–Crippen MR) is 155 cm³/mol. The SMILES string of the molecule is [Cu+2].[O-]c1ccccc1/C=N/N=C/c1c(Cl)cccc1Cl.[O-]c1ccccc1/C=N/N=C/c1c(Cl)cccc1Cl. The van der Waals surface area contributed by atoms with Crippen LogP contribution >= 0.6 is 46.4 Å². The van der Waals surface area contributed by atoms with Gasteiger partial charge in [0.15, 0.2) is 0 Å². The van der Waals surface area contributed by atoms with Crippen molar-refractivity contribution in [2.75, 3.05) is 0 Å². The second-order valence-electron chi connectivity index (χ2n) is 7.32. The molecule has 0 aliphatic heterocycles. The first-order valence-electron chi connectivity index (χ1n) is 10.9. The molecule has 0 fully saturated rings. The van der Waals surface area contributed by atoms with E-state index in [4.69, 9.17) is 46.4 Å². The van der Waals surface area contributed by atoms with Crippen molar-refractivity contribution in [2.24, 2.45) is 20.4 Å². The fourth-order valence-corrected chi connectivity index (χ4v) is 3.81. The molecular weight excluding hydrogens is 630 g/mol. The first-order valence-corrected chi connectivity index (χ1v) is 12.4. The van der Waals surface area contributed by atoms with E-state index < -0.39 is 0 Å². The van der Waals surface area contributed by atoms with Crippen molar-refractivity contribution in [1.29, 1.82) is 0 Å².